The molecule has 220 valence electrons. The first-order valence-corrected chi connectivity index (χ1v) is 16.1. The zero-order chi connectivity index (χ0) is 30.6. The first-order chi connectivity index (χ1) is 22.8. The summed E-state index contributed by atoms with van der Waals surface area (Å²) in [6.07, 6.45) is 5.71. The molecule has 0 saturated carbocycles. The van der Waals surface area contributed by atoms with Crippen molar-refractivity contribution in [2.75, 3.05) is 4.90 Å². The highest BCUT2D eigenvalue weighted by Crippen LogP contribution is 2.41. The third kappa shape index (κ3) is 4.13. The zero-order valence-electron chi connectivity index (χ0n) is 25.7. The van der Waals surface area contributed by atoms with E-state index < -0.39 is 0 Å². The van der Waals surface area contributed by atoms with Crippen LogP contribution in [0.25, 0.3) is 50.2 Å². The second kappa shape index (κ2) is 10.7. The minimum absolute atomic E-state index is 0.504. The van der Waals surface area contributed by atoms with E-state index in [1.165, 1.54) is 49.7 Å². The lowest BCUT2D eigenvalue weighted by atomic mass is 9.91. The van der Waals surface area contributed by atoms with Crippen molar-refractivity contribution in [3.05, 3.63) is 169 Å². The lowest BCUT2D eigenvalue weighted by Crippen LogP contribution is -2.10. The molecule has 9 rings (SSSR count). The van der Waals surface area contributed by atoms with Gasteiger partial charge in [0.05, 0.1) is 16.6 Å². The molecular formula is C43H33N3. The molecule has 0 aliphatic heterocycles. The minimum Gasteiger partial charge on any atom is -0.311 e. The van der Waals surface area contributed by atoms with Crippen LogP contribution in [0, 0.1) is 0 Å². The molecule has 3 nitrogen and oxygen atoms in total. The summed E-state index contributed by atoms with van der Waals surface area (Å²) in [5.74, 6) is 0.504. The Balaban J connectivity index is 1.14. The van der Waals surface area contributed by atoms with Gasteiger partial charge >= 0.3 is 0 Å². The van der Waals surface area contributed by atoms with Crippen molar-refractivity contribution in [2.24, 2.45) is 0 Å². The Morgan fingerprint density at radius 2 is 0.935 bits per heavy atom. The Hall–Kier alpha value is -5.80. The van der Waals surface area contributed by atoms with Gasteiger partial charge in [-0.2, -0.15) is 0 Å². The largest absolute Gasteiger partial charge is 0.311 e. The van der Waals surface area contributed by atoms with E-state index in [0.29, 0.717) is 5.92 Å². The van der Waals surface area contributed by atoms with E-state index in [0.717, 1.165) is 29.2 Å². The monoisotopic (exact) mass is 591 g/mol. The smallest absolute Gasteiger partial charge is 0.0541 e. The molecule has 6 aromatic carbocycles. The van der Waals surface area contributed by atoms with Crippen LogP contribution in [0.3, 0.4) is 0 Å². The average molecular weight is 592 g/mol. The first-order valence-electron chi connectivity index (χ1n) is 16.1. The van der Waals surface area contributed by atoms with Crippen molar-refractivity contribution < 1.29 is 0 Å². The molecule has 1 unspecified atom stereocenters. The molecule has 0 saturated heterocycles. The van der Waals surface area contributed by atoms with E-state index in [1.54, 1.807) is 0 Å². The standard InChI is InChI=1S/C43H33N3/c1-30-12-11-21-42-43(30)38-17-7-10-20-41(38)46(42)35-28-24-33(25-29-35)44(31-13-3-2-4-14-31)32-22-26-34(27-23-32)45-39-18-8-5-15-36(39)37-16-6-9-19-40(37)45/h2-11,13-30H,12H2,1H3. The number of nitrogens with zero attached hydrogens (tertiary/aromatic N) is 3. The number of hydrogen-bond donors (Lipinski definition) is 0. The normalized spacial score (nSPS) is 14.2. The zero-order valence-corrected chi connectivity index (χ0v) is 25.7. The quantitative estimate of drug-likeness (QED) is 0.194. The Morgan fingerprint density at radius 3 is 1.52 bits per heavy atom. The van der Waals surface area contributed by atoms with Crippen molar-refractivity contribution in [3.63, 3.8) is 0 Å². The summed E-state index contributed by atoms with van der Waals surface area (Å²) >= 11 is 0. The summed E-state index contributed by atoms with van der Waals surface area (Å²) in [7, 11) is 0. The Kier molecular flexibility index (Phi) is 6.17. The Morgan fingerprint density at radius 1 is 0.478 bits per heavy atom. The minimum atomic E-state index is 0.504. The fourth-order valence-electron chi connectivity index (χ4n) is 7.47. The van der Waals surface area contributed by atoms with Crippen LogP contribution in [-0.4, -0.2) is 9.13 Å². The number of hydrogen-bond acceptors (Lipinski definition) is 1. The van der Waals surface area contributed by atoms with E-state index in [4.69, 9.17) is 0 Å². The van der Waals surface area contributed by atoms with E-state index in [9.17, 15) is 0 Å². The van der Waals surface area contributed by atoms with Gasteiger partial charge in [-0.05, 0) is 103 Å². The third-order valence-electron chi connectivity index (χ3n) is 9.54. The van der Waals surface area contributed by atoms with Gasteiger partial charge in [-0.3, -0.25) is 0 Å². The second-order valence-electron chi connectivity index (χ2n) is 12.3. The maximum absolute atomic E-state index is 2.42. The van der Waals surface area contributed by atoms with Crippen molar-refractivity contribution in [1.82, 2.24) is 9.13 Å². The second-order valence-corrected chi connectivity index (χ2v) is 12.3. The van der Waals surface area contributed by atoms with Gasteiger partial charge in [0.1, 0.15) is 0 Å². The number of allylic oxidation sites excluding steroid dienone is 1. The van der Waals surface area contributed by atoms with Gasteiger partial charge in [-0.1, -0.05) is 85.8 Å². The Labute approximate surface area is 268 Å². The summed E-state index contributed by atoms with van der Waals surface area (Å²) in [6.45, 7) is 2.34. The van der Waals surface area contributed by atoms with Crippen molar-refractivity contribution in [2.45, 2.75) is 19.3 Å². The molecule has 0 fully saturated rings. The van der Waals surface area contributed by atoms with Crippen molar-refractivity contribution in [3.8, 4) is 11.4 Å². The first kappa shape index (κ1) is 26.6. The lowest BCUT2D eigenvalue weighted by Gasteiger charge is -2.26. The van der Waals surface area contributed by atoms with Crippen LogP contribution in [0.15, 0.2) is 158 Å². The highest BCUT2D eigenvalue weighted by Gasteiger charge is 2.23. The fourth-order valence-corrected chi connectivity index (χ4v) is 7.47. The van der Waals surface area contributed by atoms with Crippen LogP contribution in [0.5, 0.6) is 0 Å². The fraction of sp³-hybridized carbons (Fsp3) is 0.0698. The highest BCUT2D eigenvalue weighted by atomic mass is 15.1. The van der Waals surface area contributed by atoms with E-state index in [-0.39, 0.29) is 0 Å². The topological polar surface area (TPSA) is 13.1 Å². The van der Waals surface area contributed by atoms with Crippen molar-refractivity contribution in [1.29, 1.82) is 0 Å². The molecule has 8 aromatic rings. The number of aromatic nitrogens is 2. The summed E-state index contributed by atoms with van der Waals surface area (Å²) in [6, 6.07) is 54.8. The summed E-state index contributed by atoms with van der Waals surface area (Å²) in [5.41, 5.74) is 12.1. The molecule has 2 aromatic heterocycles. The number of fused-ring (bicyclic) bond motifs is 6. The number of benzene rings is 6. The molecule has 1 aliphatic carbocycles. The van der Waals surface area contributed by atoms with Gasteiger partial charge in [0.15, 0.2) is 0 Å². The molecule has 0 bridgehead atoms. The lowest BCUT2D eigenvalue weighted by molar-refractivity contribution is 0.773. The molecule has 0 N–H and O–H groups in total. The van der Waals surface area contributed by atoms with Gasteiger partial charge in [0.2, 0.25) is 0 Å². The van der Waals surface area contributed by atoms with E-state index in [2.05, 4.69) is 185 Å². The highest BCUT2D eigenvalue weighted by molar-refractivity contribution is 6.09. The van der Waals surface area contributed by atoms with E-state index >= 15 is 0 Å². The maximum Gasteiger partial charge on any atom is 0.0541 e. The molecule has 1 atom stereocenters. The van der Waals surface area contributed by atoms with Crippen LogP contribution in [-0.2, 0) is 0 Å². The van der Waals surface area contributed by atoms with Gasteiger partial charge < -0.3 is 14.0 Å². The van der Waals surface area contributed by atoms with Gasteiger partial charge in [-0.15, -0.1) is 0 Å². The number of para-hydroxylation sites is 4. The van der Waals surface area contributed by atoms with Crippen molar-refractivity contribution >= 4 is 55.8 Å². The molecule has 0 radical (unpaired) electrons. The molecule has 3 heteroatoms. The number of anilines is 3. The Bertz CT molecular complexity index is 2340. The van der Waals surface area contributed by atoms with Gasteiger partial charge in [0.25, 0.3) is 0 Å². The van der Waals surface area contributed by atoms with Crippen LogP contribution in [0.1, 0.15) is 30.5 Å². The van der Waals surface area contributed by atoms with Crippen LogP contribution >= 0.6 is 0 Å². The molecule has 0 amide bonds. The molecule has 1 aliphatic rings. The van der Waals surface area contributed by atoms with Gasteiger partial charge in [-0.25, -0.2) is 0 Å². The molecule has 2 heterocycles. The van der Waals surface area contributed by atoms with E-state index in [1.807, 2.05) is 0 Å². The van der Waals surface area contributed by atoms with Gasteiger partial charge in [0, 0.05) is 50.3 Å². The predicted octanol–water partition coefficient (Wildman–Crippen LogP) is 11.7. The molecule has 46 heavy (non-hydrogen) atoms. The average Bonchev–Trinajstić information content (AvgIpc) is 3.64. The number of rotatable bonds is 5. The van der Waals surface area contributed by atoms with Crippen LogP contribution in [0.2, 0.25) is 0 Å². The van der Waals surface area contributed by atoms with Crippen LogP contribution in [0.4, 0.5) is 17.1 Å². The molecular weight excluding hydrogens is 558 g/mol. The SMILES string of the molecule is CC1CC=Cc2c1c1ccccc1n2-c1ccc(N(c2ccccc2)c2ccc(-n3c4ccccc4c4ccccc43)cc2)cc1. The maximum atomic E-state index is 2.42. The third-order valence-corrected chi connectivity index (χ3v) is 9.54. The van der Waals surface area contributed by atoms with Crippen LogP contribution < -0.4 is 4.90 Å². The predicted molar refractivity (Wildman–Crippen MR) is 194 cm³/mol. The summed E-state index contributed by atoms with van der Waals surface area (Å²) in [4.78, 5) is 2.34. The summed E-state index contributed by atoms with van der Waals surface area (Å²) in [5, 5.41) is 3.90. The summed E-state index contributed by atoms with van der Waals surface area (Å²) < 4.78 is 4.79. The molecule has 0 spiro atoms.